The lowest BCUT2D eigenvalue weighted by Gasteiger charge is -2.20. The first-order valence-electron chi connectivity index (χ1n) is 7.88. The standard InChI is InChI=1S/C18H28OSi/c1-4-20(5-2,6-3)16-12-8-11-15-19-17-18-13-9-7-10-14-18/h7,9-10,13-14H,4-6,8,11,15,17H2,1-3H3. The van der Waals surface area contributed by atoms with E-state index in [1.807, 2.05) is 6.07 Å². The van der Waals surface area contributed by atoms with Crippen LogP contribution in [-0.4, -0.2) is 14.7 Å². The molecule has 1 rings (SSSR count). The molecule has 1 nitrogen and oxygen atoms in total. The Bertz CT molecular complexity index is 404. The Morgan fingerprint density at radius 2 is 1.65 bits per heavy atom. The molecular weight excluding hydrogens is 260 g/mol. The van der Waals surface area contributed by atoms with Crippen molar-refractivity contribution in [2.24, 2.45) is 0 Å². The minimum absolute atomic E-state index is 0.714. The Labute approximate surface area is 125 Å². The van der Waals surface area contributed by atoms with Crippen LogP contribution in [0.3, 0.4) is 0 Å². The van der Waals surface area contributed by atoms with E-state index >= 15 is 0 Å². The lowest BCUT2D eigenvalue weighted by atomic mass is 10.2. The molecule has 0 aromatic heterocycles. The van der Waals surface area contributed by atoms with Crippen molar-refractivity contribution in [2.45, 2.75) is 58.4 Å². The van der Waals surface area contributed by atoms with Gasteiger partial charge in [0.15, 0.2) is 0 Å². The summed E-state index contributed by atoms with van der Waals surface area (Å²) < 4.78 is 5.67. The average Bonchev–Trinajstić information content (AvgIpc) is 2.52. The topological polar surface area (TPSA) is 9.23 Å². The van der Waals surface area contributed by atoms with Gasteiger partial charge in [0.1, 0.15) is 8.07 Å². The van der Waals surface area contributed by atoms with Crippen molar-refractivity contribution in [1.29, 1.82) is 0 Å². The molecular formula is C18H28OSi. The minimum atomic E-state index is -1.24. The lowest BCUT2D eigenvalue weighted by Crippen LogP contribution is -2.29. The summed E-state index contributed by atoms with van der Waals surface area (Å²) in [5.74, 6) is 3.41. The second-order valence-electron chi connectivity index (χ2n) is 5.28. The second-order valence-corrected chi connectivity index (χ2v) is 10.2. The Hall–Kier alpha value is -1.04. The van der Waals surface area contributed by atoms with Crippen molar-refractivity contribution in [1.82, 2.24) is 0 Å². The largest absolute Gasteiger partial charge is 0.377 e. The molecule has 0 heterocycles. The van der Waals surface area contributed by atoms with Crippen molar-refractivity contribution in [3.05, 3.63) is 35.9 Å². The van der Waals surface area contributed by atoms with Crippen LogP contribution < -0.4 is 0 Å². The first kappa shape index (κ1) is 17.0. The van der Waals surface area contributed by atoms with E-state index in [-0.39, 0.29) is 0 Å². The summed E-state index contributed by atoms with van der Waals surface area (Å²) >= 11 is 0. The summed E-state index contributed by atoms with van der Waals surface area (Å²) in [7, 11) is -1.24. The third-order valence-electron chi connectivity index (χ3n) is 4.09. The van der Waals surface area contributed by atoms with Crippen LogP contribution >= 0.6 is 0 Å². The summed E-state index contributed by atoms with van der Waals surface area (Å²) in [6.45, 7) is 8.43. The van der Waals surface area contributed by atoms with E-state index < -0.39 is 8.07 Å². The molecule has 0 radical (unpaired) electrons. The Morgan fingerprint density at radius 3 is 2.25 bits per heavy atom. The van der Waals surface area contributed by atoms with E-state index in [2.05, 4.69) is 56.5 Å². The maximum atomic E-state index is 5.67. The zero-order chi connectivity index (χ0) is 14.7. The van der Waals surface area contributed by atoms with Crippen LogP contribution in [0.1, 0.15) is 39.2 Å². The highest BCUT2D eigenvalue weighted by Crippen LogP contribution is 2.18. The average molecular weight is 289 g/mol. The molecule has 0 unspecified atom stereocenters. The number of unbranched alkanes of at least 4 members (excludes halogenated alkanes) is 1. The third kappa shape index (κ3) is 5.94. The van der Waals surface area contributed by atoms with Crippen LogP contribution in [0, 0.1) is 11.5 Å². The van der Waals surface area contributed by atoms with Crippen molar-refractivity contribution in [2.75, 3.05) is 6.61 Å². The smallest absolute Gasteiger partial charge is 0.137 e. The molecule has 0 aliphatic rings. The van der Waals surface area contributed by atoms with Crippen molar-refractivity contribution in [3.63, 3.8) is 0 Å². The van der Waals surface area contributed by atoms with Crippen molar-refractivity contribution in [3.8, 4) is 11.5 Å². The van der Waals surface area contributed by atoms with Gasteiger partial charge >= 0.3 is 0 Å². The molecule has 0 atom stereocenters. The quantitative estimate of drug-likeness (QED) is 0.370. The normalized spacial score (nSPS) is 10.9. The van der Waals surface area contributed by atoms with Gasteiger partial charge in [0.25, 0.3) is 0 Å². The summed E-state index contributed by atoms with van der Waals surface area (Å²) in [6.07, 6.45) is 2.02. The summed E-state index contributed by atoms with van der Waals surface area (Å²) in [5, 5.41) is 0. The first-order valence-corrected chi connectivity index (χ1v) is 10.5. The Kier molecular flexibility index (Phi) is 8.33. The highest BCUT2D eigenvalue weighted by molar-refractivity contribution is 6.87. The molecule has 0 saturated carbocycles. The van der Waals surface area contributed by atoms with Gasteiger partial charge in [-0.15, -0.1) is 11.5 Å². The van der Waals surface area contributed by atoms with Gasteiger partial charge in [-0.1, -0.05) is 51.1 Å². The van der Waals surface area contributed by atoms with Gasteiger partial charge in [0, 0.05) is 13.0 Å². The van der Waals surface area contributed by atoms with Crippen LogP contribution in [0.2, 0.25) is 18.1 Å². The van der Waals surface area contributed by atoms with E-state index in [0.717, 1.165) is 19.4 Å². The van der Waals surface area contributed by atoms with Crippen molar-refractivity contribution >= 4 is 8.07 Å². The van der Waals surface area contributed by atoms with E-state index in [1.54, 1.807) is 0 Å². The molecule has 0 saturated heterocycles. The van der Waals surface area contributed by atoms with Gasteiger partial charge in [0.05, 0.1) is 6.61 Å². The zero-order valence-electron chi connectivity index (χ0n) is 13.2. The molecule has 2 heteroatoms. The summed E-state index contributed by atoms with van der Waals surface area (Å²) in [4.78, 5) is 0. The van der Waals surface area contributed by atoms with Crippen LogP contribution in [0.15, 0.2) is 30.3 Å². The predicted octanol–water partition coefficient (Wildman–Crippen LogP) is 5.03. The fourth-order valence-electron chi connectivity index (χ4n) is 2.29. The SMILES string of the molecule is CC[Si](C#CCCCOCc1ccccc1)(CC)CC. The monoisotopic (exact) mass is 288 g/mol. The number of rotatable bonds is 8. The predicted molar refractivity (Wildman–Crippen MR) is 90.3 cm³/mol. The molecule has 0 fully saturated rings. The van der Waals surface area contributed by atoms with Crippen LogP contribution in [-0.2, 0) is 11.3 Å². The fourth-order valence-corrected chi connectivity index (χ4v) is 4.82. The molecule has 0 aliphatic heterocycles. The van der Waals surface area contributed by atoms with Gasteiger partial charge < -0.3 is 4.74 Å². The van der Waals surface area contributed by atoms with E-state index in [4.69, 9.17) is 4.74 Å². The molecule has 0 spiro atoms. The lowest BCUT2D eigenvalue weighted by molar-refractivity contribution is 0.119. The van der Waals surface area contributed by atoms with Gasteiger partial charge in [-0.25, -0.2) is 0 Å². The Balaban J connectivity index is 2.19. The minimum Gasteiger partial charge on any atom is -0.377 e. The van der Waals surface area contributed by atoms with Gasteiger partial charge in [-0.3, -0.25) is 0 Å². The maximum absolute atomic E-state index is 5.67. The van der Waals surface area contributed by atoms with Gasteiger partial charge in [0.2, 0.25) is 0 Å². The van der Waals surface area contributed by atoms with E-state index in [1.165, 1.54) is 23.7 Å². The van der Waals surface area contributed by atoms with Crippen molar-refractivity contribution < 1.29 is 4.74 Å². The number of hydrogen-bond donors (Lipinski definition) is 0. The van der Waals surface area contributed by atoms with Gasteiger partial charge in [-0.2, -0.15) is 0 Å². The second kappa shape index (κ2) is 9.80. The van der Waals surface area contributed by atoms with Crippen LogP contribution in [0.5, 0.6) is 0 Å². The first-order chi connectivity index (χ1) is 9.76. The highest BCUT2D eigenvalue weighted by atomic mass is 28.3. The summed E-state index contributed by atoms with van der Waals surface area (Å²) in [6, 6.07) is 14.2. The number of hydrogen-bond acceptors (Lipinski definition) is 1. The van der Waals surface area contributed by atoms with Crippen LogP contribution in [0.25, 0.3) is 0 Å². The van der Waals surface area contributed by atoms with E-state index in [0.29, 0.717) is 6.61 Å². The molecule has 1 aromatic carbocycles. The molecule has 0 amide bonds. The number of benzene rings is 1. The third-order valence-corrected chi connectivity index (χ3v) is 8.85. The molecule has 110 valence electrons. The summed E-state index contributed by atoms with van der Waals surface area (Å²) in [5.41, 5.74) is 4.87. The molecule has 1 aromatic rings. The molecule has 0 N–H and O–H groups in total. The number of ether oxygens (including phenoxy) is 1. The van der Waals surface area contributed by atoms with Gasteiger partial charge in [-0.05, 0) is 30.1 Å². The Morgan fingerprint density at radius 1 is 1.00 bits per heavy atom. The van der Waals surface area contributed by atoms with Crippen LogP contribution in [0.4, 0.5) is 0 Å². The molecule has 20 heavy (non-hydrogen) atoms. The molecule has 0 bridgehead atoms. The molecule has 0 aliphatic carbocycles. The highest BCUT2D eigenvalue weighted by Gasteiger charge is 2.23. The fraction of sp³-hybridized carbons (Fsp3) is 0.556. The zero-order valence-corrected chi connectivity index (χ0v) is 14.2. The maximum Gasteiger partial charge on any atom is 0.137 e. The van der Waals surface area contributed by atoms with E-state index in [9.17, 15) is 0 Å².